The highest BCUT2D eigenvalue weighted by Crippen LogP contribution is 2.42. The monoisotopic (exact) mass is 437 g/mol. The number of carboxylic acids is 1. The summed E-state index contributed by atoms with van der Waals surface area (Å²) in [5, 5.41) is 26.1. The number of halogens is 1. The van der Waals surface area contributed by atoms with Crippen LogP contribution >= 0.6 is 11.6 Å². The summed E-state index contributed by atoms with van der Waals surface area (Å²) in [7, 11) is 1.47. The Bertz CT molecular complexity index is 1090. The number of benzene rings is 2. The zero-order chi connectivity index (χ0) is 22.1. The van der Waals surface area contributed by atoms with E-state index in [1.165, 1.54) is 20.0 Å². The minimum absolute atomic E-state index is 0.126. The normalized spacial score (nSPS) is 21.1. The number of carbonyl (C=O) groups is 1. The van der Waals surface area contributed by atoms with Crippen LogP contribution in [0.5, 0.6) is 5.75 Å². The van der Waals surface area contributed by atoms with Crippen LogP contribution in [0.3, 0.4) is 0 Å². The van der Waals surface area contributed by atoms with Crippen LogP contribution in [0.4, 0.5) is 5.69 Å². The lowest BCUT2D eigenvalue weighted by Crippen LogP contribution is -2.38. The van der Waals surface area contributed by atoms with E-state index in [0.717, 1.165) is 29.8 Å². The fraction of sp³-hybridized carbons (Fsp3) is 0.375. The Morgan fingerprint density at radius 1 is 1.26 bits per heavy atom. The van der Waals surface area contributed by atoms with Gasteiger partial charge in [-0.05, 0) is 49.1 Å². The second kappa shape index (κ2) is 8.60. The van der Waals surface area contributed by atoms with Crippen LogP contribution in [-0.2, 0) is 0 Å². The molecule has 1 saturated carbocycles. The highest BCUT2D eigenvalue weighted by atomic mass is 35.5. The molecule has 0 spiro atoms. The second-order valence-corrected chi connectivity index (χ2v) is 8.56. The number of hydrazone groups is 1. The number of nitrogens with zero attached hydrogens (tertiary/aromatic N) is 3. The Kier molecular flexibility index (Phi) is 5.88. The van der Waals surface area contributed by atoms with Gasteiger partial charge in [-0.2, -0.15) is 10.4 Å². The molecule has 4 rings (SSSR count). The Morgan fingerprint density at radius 3 is 2.61 bits per heavy atom. The lowest BCUT2D eigenvalue weighted by atomic mass is 9.83. The third-order valence-corrected chi connectivity index (χ3v) is 6.70. The average Bonchev–Trinajstić information content (AvgIpc) is 3.40. The molecule has 1 aliphatic heterocycles. The van der Waals surface area contributed by atoms with Crippen LogP contribution in [0, 0.1) is 23.2 Å². The molecule has 1 N–H and O–H groups in total. The fourth-order valence-electron chi connectivity index (χ4n) is 4.87. The van der Waals surface area contributed by atoms with Gasteiger partial charge in [-0.25, -0.2) is 4.79 Å². The van der Waals surface area contributed by atoms with Crippen molar-refractivity contribution in [2.24, 2.45) is 16.9 Å². The summed E-state index contributed by atoms with van der Waals surface area (Å²) >= 11 is 6.32. The molecule has 0 saturated heterocycles. The van der Waals surface area contributed by atoms with Crippen molar-refractivity contribution in [2.75, 3.05) is 12.1 Å². The maximum absolute atomic E-state index is 11.5. The molecular weight excluding hydrogens is 414 g/mol. The predicted molar refractivity (Wildman–Crippen MR) is 120 cm³/mol. The Balaban J connectivity index is 1.78. The van der Waals surface area contributed by atoms with Gasteiger partial charge in [-0.15, -0.1) is 0 Å². The van der Waals surface area contributed by atoms with Crippen molar-refractivity contribution in [3.8, 4) is 11.8 Å². The van der Waals surface area contributed by atoms with Gasteiger partial charge in [0, 0.05) is 11.5 Å². The van der Waals surface area contributed by atoms with Gasteiger partial charge in [0.1, 0.15) is 17.4 Å². The van der Waals surface area contributed by atoms with Gasteiger partial charge in [0.15, 0.2) is 0 Å². The molecule has 1 fully saturated rings. The van der Waals surface area contributed by atoms with Gasteiger partial charge < -0.3 is 9.84 Å². The van der Waals surface area contributed by atoms with E-state index in [0.29, 0.717) is 22.3 Å². The maximum atomic E-state index is 11.5. The first-order chi connectivity index (χ1) is 14.9. The van der Waals surface area contributed by atoms with E-state index in [2.05, 4.69) is 13.0 Å². The average molecular weight is 438 g/mol. The molecule has 0 aromatic heterocycles. The smallest absolute Gasteiger partial charge is 0.339 e. The highest BCUT2D eigenvalue weighted by molar-refractivity contribution is 6.32. The standard InChI is InChI=1S/C24H24ClN3O3/c1-14-22(16-8-10-19(24(29)30)21(11-16)31-2)27-28(23(14)15-5-3-4-6-15)18-9-7-17(13-26)20(25)12-18/h7-12,14-15,23H,3-6H2,1-2H3,(H,29,30)/t14-,23-/m1/s1. The van der Waals surface area contributed by atoms with E-state index in [1.54, 1.807) is 30.3 Å². The number of methoxy groups -OCH3 is 1. The zero-order valence-electron chi connectivity index (χ0n) is 17.5. The molecule has 0 bridgehead atoms. The van der Waals surface area contributed by atoms with Crippen LogP contribution in [0.2, 0.25) is 5.02 Å². The molecule has 0 amide bonds. The van der Waals surface area contributed by atoms with Gasteiger partial charge >= 0.3 is 5.97 Å². The Morgan fingerprint density at radius 2 is 2.00 bits per heavy atom. The van der Waals surface area contributed by atoms with Crippen molar-refractivity contribution in [3.05, 3.63) is 58.1 Å². The number of hydrogen-bond donors (Lipinski definition) is 1. The first-order valence-electron chi connectivity index (χ1n) is 10.4. The summed E-state index contributed by atoms with van der Waals surface area (Å²) in [4.78, 5) is 11.5. The SMILES string of the molecule is COc1cc(C2=NN(c3ccc(C#N)c(Cl)c3)[C@@H](C3CCCC3)[C@@H]2C)ccc1C(=O)O. The van der Waals surface area contributed by atoms with Crippen molar-refractivity contribution >= 4 is 29.0 Å². The van der Waals surface area contributed by atoms with Crippen molar-refractivity contribution in [3.63, 3.8) is 0 Å². The molecule has 2 aliphatic rings. The highest BCUT2D eigenvalue weighted by Gasteiger charge is 2.41. The van der Waals surface area contributed by atoms with Crippen LogP contribution in [-0.4, -0.2) is 29.9 Å². The van der Waals surface area contributed by atoms with Crippen LogP contribution in [0.1, 0.15) is 54.1 Å². The fourth-order valence-corrected chi connectivity index (χ4v) is 5.09. The molecule has 7 heteroatoms. The molecule has 160 valence electrons. The Labute approximate surface area is 186 Å². The summed E-state index contributed by atoms with van der Waals surface area (Å²) < 4.78 is 5.32. The number of aromatic carboxylic acids is 1. The topological polar surface area (TPSA) is 85.9 Å². The van der Waals surface area contributed by atoms with Gasteiger partial charge in [-0.1, -0.05) is 37.4 Å². The number of nitriles is 1. The number of rotatable bonds is 5. The molecule has 6 nitrogen and oxygen atoms in total. The molecule has 0 unspecified atom stereocenters. The second-order valence-electron chi connectivity index (χ2n) is 8.15. The molecule has 2 aromatic rings. The van der Waals surface area contributed by atoms with E-state index < -0.39 is 5.97 Å². The number of hydrogen-bond acceptors (Lipinski definition) is 5. The Hall–Kier alpha value is -3.04. The third kappa shape index (κ3) is 3.86. The van der Waals surface area contributed by atoms with Gasteiger partial charge in [0.25, 0.3) is 0 Å². The summed E-state index contributed by atoms with van der Waals surface area (Å²) in [6.45, 7) is 2.17. The van der Waals surface area contributed by atoms with Crippen LogP contribution in [0.15, 0.2) is 41.5 Å². The molecule has 31 heavy (non-hydrogen) atoms. The maximum Gasteiger partial charge on any atom is 0.339 e. The van der Waals surface area contributed by atoms with Crippen molar-refractivity contribution < 1.29 is 14.6 Å². The minimum Gasteiger partial charge on any atom is -0.496 e. The molecular formula is C24H24ClN3O3. The van der Waals surface area contributed by atoms with Crippen molar-refractivity contribution in [1.82, 2.24) is 0 Å². The van der Waals surface area contributed by atoms with E-state index in [4.69, 9.17) is 21.4 Å². The molecule has 2 atom stereocenters. The molecule has 1 aliphatic carbocycles. The summed E-state index contributed by atoms with van der Waals surface area (Å²) in [6.07, 6.45) is 4.73. The first-order valence-corrected chi connectivity index (χ1v) is 10.8. The third-order valence-electron chi connectivity index (χ3n) is 6.39. The largest absolute Gasteiger partial charge is 0.496 e. The predicted octanol–water partition coefficient (Wildman–Crippen LogP) is 5.34. The number of anilines is 1. The summed E-state index contributed by atoms with van der Waals surface area (Å²) in [6, 6.07) is 12.8. The number of carboxylic acid groups (broad SMARTS) is 1. The van der Waals surface area contributed by atoms with E-state index in [9.17, 15) is 15.2 Å². The summed E-state index contributed by atoms with van der Waals surface area (Å²) in [5.41, 5.74) is 3.16. The molecule has 1 heterocycles. The van der Waals surface area contributed by atoms with E-state index in [-0.39, 0.29) is 17.5 Å². The first kappa shape index (κ1) is 21.2. The zero-order valence-corrected chi connectivity index (χ0v) is 18.3. The van der Waals surface area contributed by atoms with E-state index in [1.807, 2.05) is 11.1 Å². The minimum atomic E-state index is -1.03. The number of ether oxygens (including phenoxy) is 1. The summed E-state index contributed by atoms with van der Waals surface area (Å²) in [5.74, 6) is -0.0663. The molecule has 0 radical (unpaired) electrons. The quantitative estimate of drug-likeness (QED) is 0.682. The van der Waals surface area contributed by atoms with Gasteiger partial charge in [0.05, 0.1) is 35.1 Å². The lowest BCUT2D eigenvalue weighted by molar-refractivity contribution is 0.0693. The van der Waals surface area contributed by atoms with Crippen LogP contribution in [0.25, 0.3) is 0 Å². The van der Waals surface area contributed by atoms with Gasteiger partial charge in [-0.3, -0.25) is 5.01 Å². The van der Waals surface area contributed by atoms with E-state index >= 15 is 0 Å². The van der Waals surface area contributed by atoms with Crippen molar-refractivity contribution in [1.29, 1.82) is 5.26 Å². The molecule has 2 aromatic carbocycles. The lowest BCUT2D eigenvalue weighted by Gasteiger charge is -2.31. The van der Waals surface area contributed by atoms with Crippen LogP contribution < -0.4 is 9.75 Å². The van der Waals surface area contributed by atoms with Crippen molar-refractivity contribution in [2.45, 2.75) is 38.6 Å². The van der Waals surface area contributed by atoms with Gasteiger partial charge in [0.2, 0.25) is 0 Å².